The lowest BCUT2D eigenvalue weighted by molar-refractivity contribution is 0.201. The standard InChI is InChI=1S/C9H15ClN4O3S/c1-12(7-18(16)17)3-4-13(2)9(15)14-6-8(10)5-11-14/h5-6,18H,3-4,7H2,1-2H3. The molecular weight excluding hydrogens is 280 g/mol. The van der Waals surface area contributed by atoms with Gasteiger partial charge in [-0.25, -0.2) is 13.2 Å². The Bertz CT molecular complexity index is 480. The Morgan fingerprint density at radius 3 is 2.61 bits per heavy atom. The number of amides is 1. The Balaban J connectivity index is 2.45. The van der Waals surface area contributed by atoms with Crippen molar-refractivity contribution in [3.8, 4) is 0 Å². The lowest BCUT2D eigenvalue weighted by Crippen LogP contribution is -2.37. The van der Waals surface area contributed by atoms with Gasteiger partial charge in [0, 0.05) is 20.1 Å². The van der Waals surface area contributed by atoms with Crippen LogP contribution in [0.15, 0.2) is 12.4 Å². The molecule has 102 valence electrons. The Labute approximate surface area is 112 Å². The van der Waals surface area contributed by atoms with Crippen molar-refractivity contribution in [1.29, 1.82) is 0 Å². The molecule has 0 radical (unpaired) electrons. The highest BCUT2D eigenvalue weighted by Crippen LogP contribution is 2.05. The van der Waals surface area contributed by atoms with E-state index in [1.165, 1.54) is 17.3 Å². The second kappa shape index (κ2) is 6.72. The number of nitrogens with zero attached hydrogens (tertiary/aromatic N) is 4. The number of carbonyl (C=O) groups excluding carboxylic acids is 1. The molecule has 0 saturated heterocycles. The maximum Gasteiger partial charge on any atom is 0.344 e. The van der Waals surface area contributed by atoms with Gasteiger partial charge < -0.3 is 4.90 Å². The molecule has 18 heavy (non-hydrogen) atoms. The highest BCUT2D eigenvalue weighted by atomic mass is 35.5. The molecule has 0 fully saturated rings. The summed E-state index contributed by atoms with van der Waals surface area (Å²) in [4.78, 5) is 14.9. The minimum Gasteiger partial charge on any atom is -0.325 e. The molecule has 0 aliphatic rings. The van der Waals surface area contributed by atoms with E-state index in [9.17, 15) is 13.2 Å². The second-order valence-electron chi connectivity index (χ2n) is 3.86. The van der Waals surface area contributed by atoms with E-state index in [-0.39, 0.29) is 11.9 Å². The number of likely N-dealkylation sites (N-methyl/N-ethyl adjacent to an activating group) is 2. The molecule has 0 saturated carbocycles. The minimum atomic E-state index is -2.44. The van der Waals surface area contributed by atoms with Crippen LogP contribution in [0.4, 0.5) is 4.79 Å². The molecule has 1 amide bonds. The Hall–Kier alpha value is -1.12. The smallest absolute Gasteiger partial charge is 0.325 e. The quantitative estimate of drug-likeness (QED) is 0.770. The van der Waals surface area contributed by atoms with Crippen LogP contribution in [0, 0.1) is 0 Å². The van der Waals surface area contributed by atoms with Gasteiger partial charge >= 0.3 is 6.03 Å². The lowest BCUT2D eigenvalue weighted by Gasteiger charge is -2.20. The van der Waals surface area contributed by atoms with Gasteiger partial charge in [0.05, 0.1) is 23.3 Å². The van der Waals surface area contributed by atoms with Crippen molar-refractivity contribution in [2.24, 2.45) is 0 Å². The fourth-order valence-electron chi connectivity index (χ4n) is 1.26. The summed E-state index contributed by atoms with van der Waals surface area (Å²) in [5.41, 5.74) is 0. The number of rotatable bonds is 5. The monoisotopic (exact) mass is 294 g/mol. The van der Waals surface area contributed by atoms with Crippen molar-refractivity contribution < 1.29 is 13.2 Å². The third-order valence-corrected chi connectivity index (χ3v) is 3.16. The van der Waals surface area contributed by atoms with Crippen molar-refractivity contribution in [3.05, 3.63) is 17.4 Å². The summed E-state index contributed by atoms with van der Waals surface area (Å²) in [6.45, 7) is 0.858. The van der Waals surface area contributed by atoms with Crippen LogP contribution in [-0.4, -0.2) is 67.1 Å². The molecule has 0 atom stereocenters. The number of hydrogen-bond donors (Lipinski definition) is 1. The molecule has 1 heterocycles. The average Bonchev–Trinajstić information content (AvgIpc) is 2.70. The molecule has 1 aromatic heterocycles. The molecule has 7 nitrogen and oxygen atoms in total. The van der Waals surface area contributed by atoms with Crippen LogP contribution in [0.1, 0.15) is 0 Å². The highest BCUT2D eigenvalue weighted by Gasteiger charge is 2.12. The zero-order valence-corrected chi connectivity index (χ0v) is 11.8. The molecule has 0 bridgehead atoms. The molecule has 1 rings (SSSR count). The largest absolute Gasteiger partial charge is 0.344 e. The second-order valence-corrected chi connectivity index (χ2v) is 5.25. The first-order valence-electron chi connectivity index (χ1n) is 5.16. The fourth-order valence-corrected chi connectivity index (χ4v) is 1.94. The minimum absolute atomic E-state index is 0.0229. The van der Waals surface area contributed by atoms with Gasteiger partial charge in [0.15, 0.2) is 10.7 Å². The summed E-state index contributed by atoms with van der Waals surface area (Å²) in [5, 5.41) is 4.18. The number of hydrogen-bond acceptors (Lipinski definition) is 5. The Morgan fingerprint density at radius 2 is 2.11 bits per heavy atom. The molecule has 0 aliphatic carbocycles. The van der Waals surface area contributed by atoms with Crippen molar-refractivity contribution in [1.82, 2.24) is 19.6 Å². The number of carbonyl (C=O) groups is 1. The predicted octanol–water partition coefficient (Wildman–Crippen LogP) is -0.0629. The van der Waals surface area contributed by atoms with Gasteiger partial charge in [-0.2, -0.15) is 9.78 Å². The molecular formula is C9H15ClN4O3S. The van der Waals surface area contributed by atoms with Crippen LogP contribution in [-0.2, 0) is 10.7 Å². The van der Waals surface area contributed by atoms with Gasteiger partial charge in [-0.15, -0.1) is 0 Å². The normalized spacial score (nSPS) is 11.2. The first-order chi connectivity index (χ1) is 8.40. The molecule has 0 unspecified atom stereocenters. The summed E-state index contributed by atoms with van der Waals surface area (Å²) in [5.74, 6) is -0.0229. The van der Waals surface area contributed by atoms with E-state index in [1.54, 1.807) is 19.0 Å². The van der Waals surface area contributed by atoms with Gasteiger partial charge in [-0.05, 0) is 7.05 Å². The van der Waals surface area contributed by atoms with Gasteiger partial charge in [-0.1, -0.05) is 11.6 Å². The van der Waals surface area contributed by atoms with E-state index in [4.69, 9.17) is 11.6 Å². The molecule has 1 aromatic rings. The Morgan fingerprint density at radius 1 is 1.44 bits per heavy atom. The third kappa shape index (κ3) is 4.63. The van der Waals surface area contributed by atoms with E-state index < -0.39 is 10.7 Å². The lowest BCUT2D eigenvalue weighted by atomic mass is 10.5. The van der Waals surface area contributed by atoms with Crippen LogP contribution in [0.5, 0.6) is 0 Å². The predicted molar refractivity (Wildman–Crippen MR) is 68.5 cm³/mol. The topological polar surface area (TPSA) is 75.5 Å². The molecule has 0 spiro atoms. The first-order valence-corrected chi connectivity index (χ1v) is 6.90. The van der Waals surface area contributed by atoms with Gasteiger partial charge in [0.2, 0.25) is 0 Å². The van der Waals surface area contributed by atoms with Crippen molar-refractivity contribution in [2.45, 2.75) is 0 Å². The van der Waals surface area contributed by atoms with Crippen molar-refractivity contribution in [3.63, 3.8) is 0 Å². The molecule has 9 heteroatoms. The van der Waals surface area contributed by atoms with Crippen LogP contribution in [0.2, 0.25) is 5.02 Å². The van der Waals surface area contributed by atoms with Crippen LogP contribution < -0.4 is 0 Å². The van der Waals surface area contributed by atoms with Gasteiger partial charge in [0.25, 0.3) is 0 Å². The van der Waals surface area contributed by atoms with E-state index in [1.807, 2.05) is 0 Å². The summed E-state index contributed by atoms with van der Waals surface area (Å²) >= 11 is 5.66. The Kier molecular flexibility index (Phi) is 5.57. The van der Waals surface area contributed by atoms with E-state index >= 15 is 0 Å². The molecule has 0 N–H and O–H groups in total. The number of halogens is 1. The summed E-state index contributed by atoms with van der Waals surface area (Å²) < 4.78 is 22.1. The maximum absolute atomic E-state index is 11.8. The van der Waals surface area contributed by atoms with Crippen LogP contribution >= 0.6 is 11.6 Å². The number of thiol groups is 1. The van der Waals surface area contributed by atoms with E-state index in [0.29, 0.717) is 18.1 Å². The van der Waals surface area contributed by atoms with Crippen LogP contribution in [0.3, 0.4) is 0 Å². The molecule has 0 aromatic carbocycles. The highest BCUT2D eigenvalue weighted by molar-refractivity contribution is 7.72. The summed E-state index contributed by atoms with van der Waals surface area (Å²) in [6.07, 6.45) is 2.79. The summed E-state index contributed by atoms with van der Waals surface area (Å²) in [6, 6.07) is -0.318. The van der Waals surface area contributed by atoms with Gasteiger partial charge in [-0.3, -0.25) is 4.90 Å². The number of aromatic nitrogens is 2. The summed E-state index contributed by atoms with van der Waals surface area (Å²) in [7, 11) is 0.850. The van der Waals surface area contributed by atoms with Gasteiger partial charge in [0.1, 0.15) is 0 Å². The third-order valence-electron chi connectivity index (χ3n) is 2.25. The SMILES string of the molecule is CN(CCN(C)C(=O)n1cc(Cl)cn1)C[SH](=O)=O. The fraction of sp³-hybridized carbons (Fsp3) is 0.556. The van der Waals surface area contributed by atoms with E-state index in [2.05, 4.69) is 5.10 Å². The van der Waals surface area contributed by atoms with E-state index in [0.717, 1.165) is 4.68 Å². The molecule has 0 aliphatic heterocycles. The maximum atomic E-state index is 11.8. The first kappa shape index (κ1) is 14.9. The average molecular weight is 295 g/mol. The van der Waals surface area contributed by atoms with Crippen LogP contribution in [0.25, 0.3) is 0 Å². The zero-order valence-electron chi connectivity index (χ0n) is 10.1. The zero-order chi connectivity index (χ0) is 13.7. The van der Waals surface area contributed by atoms with Crippen molar-refractivity contribution in [2.75, 3.05) is 33.1 Å². The van der Waals surface area contributed by atoms with Crippen molar-refractivity contribution >= 4 is 28.3 Å².